The van der Waals surface area contributed by atoms with E-state index >= 15 is 0 Å². The van der Waals surface area contributed by atoms with Crippen LogP contribution in [0.1, 0.15) is 49.9 Å². The molecule has 4 aromatic rings. The molecule has 6 rings (SSSR count). The molecule has 282 valence electrons. The maximum atomic E-state index is 12.5. The zero-order valence-electron chi connectivity index (χ0n) is 30.9. The maximum absolute atomic E-state index is 12.5. The quantitative estimate of drug-likeness (QED) is 0.132. The monoisotopic (exact) mass is 724 g/mol. The van der Waals surface area contributed by atoms with Gasteiger partial charge in [0.1, 0.15) is 30.5 Å². The van der Waals surface area contributed by atoms with Crippen molar-refractivity contribution in [3.63, 3.8) is 0 Å². The van der Waals surface area contributed by atoms with E-state index in [1.54, 1.807) is 0 Å². The minimum absolute atomic E-state index is 0.257. The second-order valence-electron chi connectivity index (χ2n) is 14.1. The number of hydrogen-bond acceptors (Lipinski definition) is 9. The van der Waals surface area contributed by atoms with Crippen LogP contribution < -0.4 is 0 Å². The van der Waals surface area contributed by atoms with E-state index < -0.39 is 67.0 Å². The average molecular weight is 725 g/mol. The summed E-state index contributed by atoms with van der Waals surface area (Å²) in [6.45, 7) is 8.35. The molecule has 9 heteroatoms. The summed E-state index contributed by atoms with van der Waals surface area (Å²) in [5, 5.41) is 12.5. The van der Waals surface area contributed by atoms with Gasteiger partial charge in [-0.05, 0) is 36.1 Å². The lowest BCUT2D eigenvalue weighted by Crippen LogP contribution is -2.67. The van der Waals surface area contributed by atoms with Crippen molar-refractivity contribution in [2.45, 2.75) is 115 Å². The number of benzene rings is 4. The summed E-state index contributed by atoms with van der Waals surface area (Å²) in [6, 6.07) is 39.5. The lowest BCUT2D eigenvalue weighted by atomic mass is 9.78. The van der Waals surface area contributed by atoms with Crippen LogP contribution in [0.25, 0.3) is 0 Å². The van der Waals surface area contributed by atoms with Crippen LogP contribution >= 0.6 is 0 Å². The van der Waals surface area contributed by atoms with Gasteiger partial charge in [0.2, 0.25) is 0 Å². The fraction of sp³-hybridized carbons (Fsp3) is 0.432. The summed E-state index contributed by atoms with van der Waals surface area (Å²) in [4.78, 5) is 12.5. The fourth-order valence-corrected chi connectivity index (χ4v) is 7.41. The molecule has 1 saturated carbocycles. The molecule has 0 amide bonds. The zero-order chi connectivity index (χ0) is 37.2. The van der Waals surface area contributed by atoms with E-state index in [9.17, 15) is 9.90 Å². The molecule has 1 aliphatic heterocycles. The van der Waals surface area contributed by atoms with Gasteiger partial charge in [0.25, 0.3) is 0 Å². The van der Waals surface area contributed by atoms with E-state index in [0.29, 0.717) is 6.61 Å². The van der Waals surface area contributed by atoms with Crippen LogP contribution in [0.2, 0.25) is 0 Å². The van der Waals surface area contributed by atoms with Crippen molar-refractivity contribution in [2.24, 2.45) is 5.92 Å². The van der Waals surface area contributed by atoms with Gasteiger partial charge in [0, 0.05) is 12.8 Å². The van der Waals surface area contributed by atoms with Gasteiger partial charge in [-0.15, -0.1) is 0 Å². The first-order valence-electron chi connectivity index (χ1n) is 18.6. The third kappa shape index (κ3) is 10.2. The number of rotatable bonds is 15. The first-order valence-corrected chi connectivity index (χ1v) is 18.6. The number of aliphatic hydroxyl groups is 1. The molecular weight excluding hydrogens is 672 g/mol. The molecule has 2 fully saturated rings. The highest BCUT2D eigenvalue weighted by molar-refractivity contribution is 5.66. The first kappa shape index (κ1) is 38.8. The standard InChI is InChI=1S/C44H52O9/c1-29-38(47-25-33-17-9-5-10-18-33)42(50-28-36-23-15-8-16-24-36)37(46)43(39(29)48-26-34-19-11-6-12-20-34)53-44-40(49-27-35-21-13-7-14-22-35)30(2)51-31(3)41(44)52-32(4)45/h5-24,29-31,37-44,46H,25-28H2,1-4H3/t29?,30?,31-,37?,38?,39?,40?,41?,42?,43-,44?/m0/s1. The lowest BCUT2D eigenvalue weighted by molar-refractivity contribution is -0.302. The van der Waals surface area contributed by atoms with E-state index in [1.807, 2.05) is 135 Å². The van der Waals surface area contributed by atoms with Crippen molar-refractivity contribution in [1.82, 2.24) is 0 Å². The number of carbonyl (C=O) groups is 1. The second-order valence-corrected chi connectivity index (χ2v) is 14.1. The largest absolute Gasteiger partial charge is 0.457 e. The molecule has 1 heterocycles. The molecule has 1 N–H and O–H groups in total. The van der Waals surface area contributed by atoms with Crippen LogP contribution in [0.5, 0.6) is 0 Å². The number of ether oxygens (including phenoxy) is 7. The lowest BCUT2D eigenvalue weighted by Gasteiger charge is -2.51. The summed E-state index contributed by atoms with van der Waals surface area (Å²) in [7, 11) is 0. The van der Waals surface area contributed by atoms with Gasteiger partial charge >= 0.3 is 5.97 Å². The van der Waals surface area contributed by atoms with Gasteiger partial charge in [0.15, 0.2) is 6.10 Å². The summed E-state index contributed by atoms with van der Waals surface area (Å²) in [5.74, 6) is -0.773. The Hall–Kier alpha value is -3.93. The van der Waals surface area contributed by atoms with Gasteiger partial charge in [-0.2, -0.15) is 0 Å². The van der Waals surface area contributed by atoms with Gasteiger partial charge in [-0.25, -0.2) is 0 Å². The highest BCUT2D eigenvalue weighted by atomic mass is 16.6. The molecule has 0 aromatic heterocycles. The normalized spacial score (nSPS) is 30.1. The predicted molar refractivity (Wildman–Crippen MR) is 199 cm³/mol. The molecular formula is C44H52O9. The summed E-state index contributed by atoms with van der Waals surface area (Å²) < 4.78 is 45.8. The van der Waals surface area contributed by atoms with Crippen LogP contribution in [0.15, 0.2) is 121 Å². The predicted octanol–water partition coefficient (Wildman–Crippen LogP) is 6.83. The summed E-state index contributed by atoms with van der Waals surface area (Å²) in [6.07, 6.45) is -7.33. The molecule has 53 heavy (non-hydrogen) atoms. The van der Waals surface area contributed by atoms with E-state index in [1.165, 1.54) is 6.92 Å². The number of esters is 1. The topological polar surface area (TPSA) is 102 Å². The van der Waals surface area contributed by atoms with Crippen LogP contribution in [0.4, 0.5) is 0 Å². The average Bonchev–Trinajstić information content (AvgIpc) is 3.17. The molecule has 1 saturated heterocycles. The van der Waals surface area contributed by atoms with Crippen molar-refractivity contribution in [3.05, 3.63) is 144 Å². The molecule has 0 spiro atoms. The van der Waals surface area contributed by atoms with Crippen LogP contribution in [-0.2, 0) is 64.4 Å². The highest BCUT2D eigenvalue weighted by Crippen LogP contribution is 2.39. The molecule has 0 radical (unpaired) electrons. The zero-order valence-corrected chi connectivity index (χ0v) is 30.9. The minimum atomic E-state index is -1.20. The Labute approximate surface area is 313 Å². The molecule has 9 unspecified atom stereocenters. The smallest absolute Gasteiger partial charge is 0.303 e. The van der Waals surface area contributed by atoms with Crippen molar-refractivity contribution in [3.8, 4) is 0 Å². The van der Waals surface area contributed by atoms with Crippen molar-refractivity contribution < 1.29 is 43.1 Å². The second kappa shape index (κ2) is 18.9. The molecule has 0 bridgehead atoms. The Morgan fingerprint density at radius 3 is 1.28 bits per heavy atom. The molecule has 2 aliphatic rings. The number of aliphatic hydroxyl groups excluding tert-OH is 1. The Morgan fingerprint density at radius 1 is 0.509 bits per heavy atom. The molecule has 9 nitrogen and oxygen atoms in total. The van der Waals surface area contributed by atoms with E-state index in [4.69, 9.17) is 33.2 Å². The molecule has 1 aliphatic carbocycles. The van der Waals surface area contributed by atoms with E-state index in [2.05, 4.69) is 6.92 Å². The minimum Gasteiger partial charge on any atom is -0.457 e. The fourth-order valence-electron chi connectivity index (χ4n) is 7.41. The van der Waals surface area contributed by atoms with Crippen molar-refractivity contribution >= 4 is 5.97 Å². The van der Waals surface area contributed by atoms with Gasteiger partial charge in [-0.3, -0.25) is 4.79 Å². The Balaban J connectivity index is 1.35. The third-order valence-corrected chi connectivity index (χ3v) is 10.1. The summed E-state index contributed by atoms with van der Waals surface area (Å²) in [5.41, 5.74) is 3.92. The molecule has 11 atom stereocenters. The molecule has 4 aromatic carbocycles. The first-order chi connectivity index (χ1) is 25.8. The van der Waals surface area contributed by atoms with E-state index in [-0.39, 0.29) is 25.7 Å². The van der Waals surface area contributed by atoms with E-state index in [0.717, 1.165) is 22.3 Å². The van der Waals surface area contributed by atoms with Gasteiger partial charge in [0.05, 0.1) is 50.8 Å². The third-order valence-electron chi connectivity index (χ3n) is 10.1. The van der Waals surface area contributed by atoms with Crippen molar-refractivity contribution in [2.75, 3.05) is 0 Å². The van der Waals surface area contributed by atoms with Crippen LogP contribution in [0.3, 0.4) is 0 Å². The van der Waals surface area contributed by atoms with Crippen LogP contribution in [0, 0.1) is 5.92 Å². The summed E-state index contributed by atoms with van der Waals surface area (Å²) >= 11 is 0. The number of carbonyl (C=O) groups excluding carboxylic acids is 1. The maximum Gasteiger partial charge on any atom is 0.303 e. The van der Waals surface area contributed by atoms with Crippen LogP contribution in [-0.4, -0.2) is 72.1 Å². The Bertz CT molecular complexity index is 1660. The Morgan fingerprint density at radius 2 is 0.868 bits per heavy atom. The van der Waals surface area contributed by atoms with Crippen molar-refractivity contribution in [1.29, 1.82) is 0 Å². The van der Waals surface area contributed by atoms with Gasteiger partial charge in [-0.1, -0.05) is 128 Å². The number of hydrogen-bond donors (Lipinski definition) is 1. The Kier molecular flexibility index (Phi) is 13.8. The SMILES string of the molecule is CC(=O)OC1C(O[C@H]2C(O)C(OCc3ccccc3)C(OCc3ccccc3)C(C)C2OCc2ccccc2)C(OCc2ccccc2)C(C)O[C@H]1C. The highest BCUT2D eigenvalue weighted by Gasteiger charge is 2.55. The van der Waals surface area contributed by atoms with Gasteiger partial charge < -0.3 is 38.3 Å².